The molecule has 0 fully saturated rings. The molecule has 0 spiro atoms. The maximum Gasteiger partial charge on any atom is 0.309 e. The standard InChI is InChI=1S/C24H46O4/c1-5-9-11-13-17-21(15-7-3)23(25)27-19-20-28-24(26)22(16-8-4)18-14-12-10-6-2/h21-22H,5-20H2,1-4H3. The van der Waals surface area contributed by atoms with Gasteiger partial charge in [0.2, 0.25) is 0 Å². The van der Waals surface area contributed by atoms with Gasteiger partial charge in [0.15, 0.2) is 0 Å². The van der Waals surface area contributed by atoms with Crippen molar-refractivity contribution < 1.29 is 19.1 Å². The van der Waals surface area contributed by atoms with Gasteiger partial charge < -0.3 is 9.47 Å². The normalized spacial score (nSPS) is 13.1. The molecule has 0 rings (SSSR count). The molecule has 0 N–H and O–H groups in total. The van der Waals surface area contributed by atoms with Crippen molar-refractivity contribution in [1.29, 1.82) is 0 Å². The number of unbranched alkanes of at least 4 members (excludes halogenated alkanes) is 6. The molecule has 0 saturated heterocycles. The SMILES string of the molecule is CCCCCCC(CCC)C(=O)OCCOC(=O)C(CCC)CCCCCC. The van der Waals surface area contributed by atoms with Crippen LogP contribution < -0.4 is 0 Å². The van der Waals surface area contributed by atoms with Gasteiger partial charge in [0.25, 0.3) is 0 Å². The van der Waals surface area contributed by atoms with Gasteiger partial charge >= 0.3 is 11.9 Å². The van der Waals surface area contributed by atoms with Crippen molar-refractivity contribution in [2.75, 3.05) is 13.2 Å². The van der Waals surface area contributed by atoms with Crippen LogP contribution in [0.25, 0.3) is 0 Å². The van der Waals surface area contributed by atoms with E-state index in [4.69, 9.17) is 9.47 Å². The lowest BCUT2D eigenvalue weighted by Gasteiger charge is -2.17. The van der Waals surface area contributed by atoms with Crippen molar-refractivity contribution in [1.82, 2.24) is 0 Å². The predicted octanol–water partition coefficient (Wildman–Crippen LogP) is 6.85. The van der Waals surface area contributed by atoms with E-state index in [0.29, 0.717) is 0 Å². The summed E-state index contributed by atoms with van der Waals surface area (Å²) in [5, 5.41) is 0. The molecular formula is C24H46O4. The van der Waals surface area contributed by atoms with E-state index in [0.717, 1.165) is 51.4 Å². The average Bonchev–Trinajstić information content (AvgIpc) is 2.69. The summed E-state index contributed by atoms with van der Waals surface area (Å²) >= 11 is 0. The summed E-state index contributed by atoms with van der Waals surface area (Å²) in [5.41, 5.74) is 0. The van der Waals surface area contributed by atoms with Crippen LogP contribution >= 0.6 is 0 Å². The molecule has 0 aliphatic heterocycles. The van der Waals surface area contributed by atoms with Gasteiger partial charge in [-0.2, -0.15) is 0 Å². The molecule has 0 amide bonds. The van der Waals surface area contributed by atoms with Crippen LogP contribution in [0.3, 0.4) is 0 Å². The fraction of sp³-hybridized carbons (Fsp3) is 0.917. The summed E-state index contributed by atoms with van der Waals surface area (Å²) in [6.07, 6.45) is 14.9. The van der Waals surface area contributed by atoms with Gasteiger partial charge in [-0.05, 0) is 25.7 Å². The zero-order chi connectivity index (χ0) is 21.0. The number of carbonyl (C=O) groups is 2. The number of rotatable bonds is 19. The highest BCUT2D eigenvalue weighted by Gasteiger charge is 2.20. The van der Waals surface area contributed by atoms with Crippen molar-refractivity contribution in [2.45, 2.75) is 118 Å². The van der Waals surface area contributed by atoms with Crippen LogP contribution in [-0.4, -0.2) is 25.2 Å². The van der Waals surface area contributed by atoms with Crippen molar-refractivity contribution in [2.24, 2.45) is 11.8 Å². The monoisotopic (exact) mass is 398 g/mol. The summed E-state index contributed by atoms with van der Waals surface area (Å²) in [4.78, 5) is 24.6. The van der Waals surface area contributed by atoms with Crippen LogP contribution in [0.1, 0.15) is 118 Å². The molecule has 4 nitrogen and oxygen atoms in total. The Bertz CT molecular complexity index is 345. The fourth-order valence-corrected chi connectivity index (χ4v) is 3.61. The zero-order valence-electron chi connectivity index (χ0n) is 19.1. The lowest BCUT2D eigenvalue weighted by Crippen LogP contribution is -2.23. The highest BCUT2D eigenvalue weighted by molar-refractivity contribution is 5.73. The molecule has 0 aromatic rings. The van der Waals surface area contributed by atoms with Crippen LogP contribution in [0.4, 0.5) is 0 Å². The summed E-state index contributed by atoms with van der Waals surface area (Å²) in [7, 11) is 0. The molecule has 0 aromatic heterocycles. The Morgan fingerprint density at radius 2 is 0.929 bits per heavy atom. The molecule has 2 unspecified atom stereocenters. The Labute approximate surface area is 174 Å². The second kappa shape index (κ2) is 19.3. The predicted molar refractivity (Wildman–Crippen MR) is 116 cm³/mol. The topological polar surface area (TPSA) is 52.6 Å². The van der Waals surface area contributed by atoms with Gasteiger partial charge in [0, 0.05) is 0 Å². The Morgan fingerprint density at radius 3 is 1.25 bits per heavy atom. The number of hydrogen-bond acceptors (Lipinski definition) is 4. The summed E-state index contributed by atoms with van der Waals surface area (Å²) < 4.78 is 10.8. The minimum absolute atomic E-state index is 0.0102. The molecule has 0 radical (unpaired) electrons. The van der Waals surface area contributed by atoms with E-state index in [-0.39, 0.29) is 37.0 Å². The van der Waals surface area contributed by atoms with Gasteiger partial charge in [0.1, 0.15) is 13.2 Å². The third-order valence-corrected chi connectivity index (χ3v) is 5.33. The summed E-state index contributed by atoms with van der Waals surface area (Å²) in [6, 6.07) is 0. The van der Waals surface area contributed by atoms with Crippen LogP contribution in [0.15, 0.2) is 0 Å². The minimum atomic E-state index is -0.126. The highest BCUT2D eigenvalue weighted by atomic mass is 16.6. The van der Waals surface area contributed by atoms with Crippen molar-refractivity contribution >= 4 is 11.9 Å². The molecule has 0 heterocycles. The average molecular weight is 399 g/mol. The maximum absolute atomic E-state index is 12.3. The second-order valence-electron chi connectivity index (χ2n) is 8.00. The van der Waals surface area contributed by atoms with Gasteiger partial charge in [-0.1, -0.05) is 91.9 Å². The fourth-order valence-electron chi connectivity index (χ4n) is 3.61. The van der Waals surface area contributed by atoms with Gasteiger partial charge in [-0.3, -0.25) is 9.59 Å². The molecule has 0 aliphatic rings. The first-order chi connectivity index (χ1) is 13.6. The van der Waals surface area contributed by atoms with Crippen molar-refractivity contribution in [3.05, 3.63) is 0 Å². The van der Waals surface area contributed by atoms with E-state index in [2.05, 4.69) is 27.7 Å². The molecule has 0 aliphatic carbocycles. The first-order valence-corrected chi connectivity index (χ1v) is 11.9. The number of esters is 2. The Balaban J connectivity index is 4.14. The van der Waals surface area contributed by atoms with E-state index in [9.17, 15) is 9.59 Å². The molecule has 28 heavy (non-hydrogen) atoms. The number of ether oxygens (including phenoxy) is 2. The Kier molecular flexibility index (Phi) is 18.5. The van der Waals surface area contributed by atoms with Crippen LogP contribution in [-0.2, 0) is 19.1 Å². The van der Waals surface area contributed by atoms with Crippen LogP contribution in [0.2, 0.25) is 0 Å². The molecule has 4 heteroatoms. The lowest BCUT2D eigenvalue weighted by molar-refractivity contribution is -0.158. The van der Waals surface area contributed by atoms with Crippen LogP contribution in [0.5, 0.6) is 0 Å². The third kappa shape index (κ3) is 14.0. The summed E-state index contributed by atoms with van der Waals surface area (Å²) in [6.45, 7) is 8.93. The van der Waals surface area contributed by atoms with Gasteiger partial charge in [0.05, 0.1) is 11.8 Å². The molecule has 2 atom stereocenters. The van der Waals surface area contributed by atoms with Crippen molar-refractivity contribution in [3.8, 4) is 0 Å². The molecule has 0 saturated carbocycles. The van der Waals surface area contributed by atoms with Gasteiger partial charge in [-0.15, -0.1) is 0 Å². The van der Waals surface area contributed by atoms with E-state index in [1.54, 1.807) is 0 Å². The second-order valence-corrected chi connectivity index (χ2v) is 8.00. The molecule has 0 bridgehead atoms. The van der Waals surface area contributed by atoms with Gasteiger partial charge in [-0.25, -0.2) is 0 Å². The zero-order valence-corrected chi connectivity index (χ0v) is 19.1. The number of carbonyl (C=O) groups excluding carboxylic acids is 2. The Morgan fingerprint density at radius 1 is 0.536 bits per heavy atom. The number of hydrogen-bond donors (Lipinski definition) is 0. The first-order valence-electron chi connectivity index (χ1n) is 11.9. The summed E-state index contributed by atoms with van der Waals surface area (Å²) in [5.74, 6) is -0.272. The van der Waals surface area contributed by atoms with E-state index < -0.39 is 0 Å². The molecular weight excluding hydrogens is 352 g/mol. The smallest absolute Gasteiger partial charge is 0.309 e. The highest BCUT2D eigenvalue weighted by Crippen LogP contribution is 2.19. The quantitative estimate of drug-likeness (QED) is 0.176. The van der Waals surface area contributed by atoms with Crippen molar-refractivity contribution in [3.63, 3.8) is 0 Å². The maximum atomic E-state index is 12.3. The minimum Gasteiger partial charge on any atom is -0.462 e. The largest absolute Gasteiger partial charge is 0.462 e. The van der Waals surface area contributed by atoms with E-state index in [1.165, 1.54) is 38.5 Å². The van der Waals surface area contributed by atoms with E-state index >= 15 is 0 Å². The Hall–Kier alpha value is -1.06. The van der Waals surface area contributed by atoms with Crippen LogP contribution in [0, 0.1) is 11.8 Å². The first kappa shape index (κ1) is 26.9. The van der Waals surface area contributed by atoms with E-state index in [1.807, 2.05) is 0 Å². The lowest BCUT2D eigenvalue weighted by atomic mass is 9.96. The third-order valence-electron chi connectivity index (χ3n) is 5.33. The molecule has 166 valence electrons. The molecule has 0 aromatic carbocycles.